The highest BCUT2D eigenvalue weighted by atomic mass is 15.4. The van der Waals surface area contributed by atoms with Crippen LogP contribution < -0.4 is 4.90 Å². The van der Waals surface area contributed by atoms with Crippen molar-refractivity contribution < 1.29 is 4.48 Å². The number of allylic oxidation sites excluding steroid dienone is 6. The van der Waals surface area contributed by atoms with E-state index in [0.717, 1.165) is 41.0 Å². The van der Waals surface area contributed by atoms with E-state index in [0.29, 0.717) is 0 Å². The molecule has 0 aromatic heterocycles. The average Bonchev–Trinajstić information content (AvgIpc) is 2.75. The topological polar surface area (TPSA) is 3.24 Å². The van der Waals surface area contributed by atoms with Gasteiger partial charge in [0, 0.05) is 41.1 Å². The van der Waals surface area contributed by atoms with Gasteiger partial charge in [0.1, 0.15) is 17.8 Å². The van der Waals surface area contributed by atoms with E-state index in [-0.39, 0.29) is 5.54 Å². The fraction of sp³-hybridized carbons (Fsp3) is 0.310. The zero-order chi connectivity index (χ0) is 22.8. The van der Waals surface area contributed by atoms with Gasteiger partial charge in [-0.3, -0.25) is 4.48 Å². The van der Waals surface area contributed by atoms with Crippen LogP contribution in [0.15, 0.2) is 91.9 Å². The SMILES string of the molecule is C=C(C=CC)N(C(=C)C=CC)c1ccc2c(c1)C1=CC=CC[N+]1(C)C(CC)(CC)C2=C. The number of fused-ring (bicyclic) bond motifs is 3. The van der Waals surface area contributed by atoms with Gasteiger partial charge in [-0.15, -0.1) is 0 Å². The second kappa shape index (κ2) is 8.72. The van der Waals surface area contributed by atoms with Gasteiger partial charge in [-0.05, 0) is 55.8 Å². The second-order valence-corrected chi connectivity index (χ2v) is 8.62. The summed E-state index contributed by atoms with van der Waals surface area (Å²) < 4.78 is 0.872. The third-order valence-corrected chi connectivity index (χ3v) is 7.22. The molecular weight excluding hydrogens is 376 g/mol. The molecule has 31 heavy (non-hydrogen) atoms. The number of benzene rings is 1. The molecule has 0 amide bonds. The van der Waals surface area contributed by atoms with Crippen molar-refractivity contribution in [2.45, 2.75) is 46.1 Å². The molecular formula is C29H37N2+. The molecule has 2 nitrogen and oxygen atoms in total. The van der Waals surface area contributed by atoms with Crippen LogP contribution in [-0.2, 0) is 0 Å². The Labute approximate surface area is 189 Å². The zero-order valence-corrected chi connectivity index (χ0v) is 19.9. The van der Waals surface area contributed by atoms with Crippen LogP contribution >= 0.6 is 0 Å². The van der Waals surface area contributed by atoms with Crippen LogP contribution in [0.4, 0.5) is 5.69 Å². The molecule has 0 saturated heterocycles. The van der Waals surface area contributed by atoms with Gasteiger partial charge in [0.15, 0.2) is 0 Å². The van der Waals surface area contributed by atoms with Crippen LogP contribution in [0, 0.1) is 0 Å². The predicted molar refractivity (Wildman–Crippen MR) is 137 cm³/mol. The maximum Gasteiger partial charge on any atom is 0.141 e. The van der Waals surface area contributed by atoms with Gasteiger partial charge in [-0.2, -0.15) is 0 Å². The lowest BCUT2D eigenvalue weighted by atomic mass is 9.71. The van der Waals surface area contributed by atoms with Gasteiger partial charge in [0.05, 0.1) is 7.05 Å². The van der Waals surface area contributed by atoms with Crippen LogP contribution in [0.5, 0.6) is 0 Å². The maximum absolute atomic E-state index is 4.65. The highest BCUT2D eigenvalue weighted by molar-refractivity contribution is 5.87. The number of likely N-dealkylation sites (N-methyl/N-ethyl adjacent to an activating group) is 1. The van der Waals surface area contributed by atoms with Gasteiger partial charge in [0.25, 0.3) is 0 Å². The number of nitrogens with zero attached hydrogens (tertiary/aromatic N) is 2. The van der Waals surface area contributed by atoms with E-state index < -0.39 is 0 Å². The average molecular weight is 414 g/mol. The number of quaternary nitrogens is 1. The van der Waals surface area contributed by atoms with Gasteiger partial charge >= 0.3 is 0 Å². The lowest BCUT2D eigenvalue weighted by Crippen LogP contribution is -2.63. The van der Waals surface area contributed by atoms with E-state index in [1.807, 2.05) is 38.2 Å². The van der Waals surface area contributed by atoms with E-state index >= 15 is 0 Å². The molecule has 0 spiro atoms. The van der Waals surface area contributed by atoms with Crippen LogP contribution in [0.3, 0.4) is 0 Å². The molecule has 0 radical (unpaired) electrons. The van der Waals surface area contributed by atoms with Crippen molar-refractivity contribution in [2.75, 3.05) is 18.5 Å². The third kappa shape index (κ3) is 3.40. The first-order valence-corrected chi connectivity index (χ1v) is 11.3. The molecule has 2 heteroatoms. The van der Waals surface area contributed by atoms with Crippen LogP contribution in [0.2, 0.25) is 0 Å². The molecule has 1 unspecified atom stereocenters. The standard InChI is InChI=1S/C29H37N2/c1-9-15-22(5)30(23(6)16-10-2)25-18-19-26-24(7)29(11-3,12-4)31(8)20-14-13-17-28(31)27(26)21-25/h9-10,13-19,21H,5-7,11-12,20H2,1-4,8H3/q+1. The Hall–Kier alpha value is -2.84. The predicted octanol–water partition coefficient (Wildman–Crippen LogP) is 7.62. The monoisotopic (exact) mass is 413 g/mol. The van der Waals surface area contributed by atoms with Crippen molar-refractivity contribution in [3.05, 3.63) is 103 Å². The molecule has 0 fully saturated rings. The Morgan fingerprint density at radius 1 is 1.06 bits per heavy atom. The molecule has 162 valence electrons. The molecule has 0 bridgehead atoms. The molecule has 1 aromatic carbocycles. The Balaban J connectivity index is 2.26. The number of hydrogen-bond acceptors (Lipinski definition) is 1. The van der Waals surface area contributed by atoms with Crippen LogP contribution in [0.25, 0.3) is 11.3 Å². The molecule has 2 heterocycles. The van der Waals surface area contributed by atoms with Crippen LogP contribution in [0.1, 0.15) is 51.7 Å². The molecule has 0 N–H and O–H groups in total. The molecule has 2 aliphatic heterocycles. The first-order valence-electron chi connectivity index (χ1n) is 11.3. The summed E-state index contributed by atoms with van der Waals surface area (Å²) in [6.07, 6.45) is 17.0. The molecule has 1 atom stereocenters. The summed E-state index contributed by atoms with van der Waals surface area (Å²) in [5.74, 6) is 0. The van der Waals surface area contributed by atoms with Gasteiger partial charge < -0.3 is 4.90 Å². The molecule has 0 saturated carbocycles. The smallest absolute Gasteiger partial charge is 0.141 e. The molecule has 2 aliphatic rings. The summed E-state index contributed by atoms with van der Waals surface area (Å²) in [5, 5.41) is 0. The minimum absolute atomic E-state index is 0.00783. The second-order valence-electron chi connectivity index (χ2n) is 8.62. The van der Waals surface area contributed by atoms with Gasteiger partial charge in [-0.1, -0.05) is 57.9 Å². The fourth-order valence-corrected chi connectivity index (χ4v) is 5.57. The van der Waals surface area contributed by atoms with E-state index in [4.69, 9.17) is 0 Å². The Morgan fingerprint density at radius 2 is 1.68 bits per heavy atom. The van der Waals surface area contributed by atoms with E-state index in [1.165, 1.54) is 22.4 Å². The van der Waals surface area contributed by atoms with E-state index in [2.05, 4.69) is 82.0 Å². The van der Waals surface area contributed by atoms with Crippen molar-refractivity contribution in [3.63, 3.8) is 0 Å². The lowest BCUT2D eigenvalue weighted by Gasteiger charge is -2.56. The first kappa shape index (κ1) is 22.8. The molecule has 1 aromatic rings. The fourth-order valence-electron chi connectivity index (χ4n) is 5.57. The molecule has 3 rings (SSSR count). The summed E-state index contributed by atoms with van der Waals surface area (Å²) in [4.78, 5) is 2.12. The van der Waals surface area contributed by atoms with E-state index in [9.17, 15) is 0 Å². The summed E-state index contributed by atoms with van der Waals surface area (Å²) in [6.45, 7) is 22.8. The van der Waals surface area contributed by atoms with Gasteiger partial charge in [0.2, 0.25) is 0 Å². The zero-order valence-electron chi connectivity index (χ0n) is 19.9. The Kier molecular flexibility index (Phi) is 6.43. The summed E-state index contributed by atoms with van der Waals surface area (Å²) in [5.41, 5.74) is 8.01. The van der Waals surface area contributed by atoms with Crippen molar-refractivity contribution in [2.24, 2.45) is 0 Å². The van der Waals surface area contributed by atoms with Gasteiger partial charge in [-0.25, -0.2) is 0 Å². The molecule has 0 aliphatic carbocycles. The van der Waals surface area contributed by atoms with E-state index in [1.54, 1.807) is 0 Å². The lowest BCUT2D eigenvalue weighted by molar-refractivity contribution is -0.880. The van der Waals surface area contributed by atoms with Crippen molar-refractivity contribution in [1.29, 1.82) is 0 Å². The van der Waals surface area contributed by atoms with Crippen molar-refractivity contribution >= 4 is 17.0 Å². The highest BCUT2D eigenvalue weighted by Crippen LogP contribution is 2.54. The van der Waals surface area contributed by atoms with Crippen LogP contribution in [-0.4, -0.2) is 23.6 Å². The van der Waals surface area contributed by atoms with Crippen molar-refractivity contribution in [1.82, 2.24) is 0 Å². The number of hydrogen-bond donors (Lipinski definition) is 0. The quantitative estimate of drug-likeness (QED) is 0.328. The highest BCUT2D eigenvalue weighted by Gasteiger charge is 2.54. The summed E-state index contributed by atoms with van der Waals surface area (Å²) >= 11 is 0. The summed E-state index contributed by atoms with van der Waals surface area (Å²) in [6, 6.07) is 6.72. The minimum atomic E-state index is 0.00783. The summed E-state index contributed by atoms with van der Waals surface area (Å²) in [7, 11) is 2.37. The van der Waals surface area contributed by atoms with Crippen molar-refractivity contribution in [3.8, 4) is 0 Å². The Morgan fingerprint density at radius 3 is 2.23 bits per heavy atom. The first-order chi connectivity index (χ1) is 14.8. The third-order valence-electron chi connectivity index (χ3n) is 7.22. The minimum Gasteiger partial charge on any atom is -0.312 e. The normalized spacial score (nSPS) is 21.7. The maximum atomic E-state index is 4.65. The number of anilines is 1. The largest absolute Gasteiger partial charge is 0.312 e. The Bertz CT molecular complexity index is 1000. The number of rotatable bonds is 7.